The van der Waals surface area contributed by atoms with Gasteiger partial charge in [-0.1, -0.05) is 27.7 Å². The Morgan fingerprint density at radius 1 is 0.775 bits per heavy atom. The molecular weight excluding hydrogens is 514 g/mol. The van der Waals surface area contributed by atoms with Gasteiger partial charge in [-0.3, -0.25) is 24.4 Å². The summed E-state index contributed by atoms with van der Waals surface area (Å²) in [5.74, 6) is -1.85. The van der Waals surface area contributed by atoms with Gasteiger partial charge < -0.3 is 20.2 Å². The summed E-state index contributed by atoms with van der Waals surface area (Å²) in [6, 6.07) is 0. The maximum atomic E-state index is 12.6. The summed E-state index contributed by atoms with van der Waals surface area (Å²) in [5, 5.41) is 29.7. The molecule has 2 aliphatic carbocycles. The second-order valence-electron chi connectivity index (χ2n) is 12.2. The van der Waals surface area contributed by atoms with E-state index in [1.54, 1.807) is 13.8 Å². The molecule has 0 spiro atoms. The lowest BCUT2D eigenvalue weighted by Gasteiger charge is -2.29. The molecule has 0 fully saturated rings. The highest BCUT2D eigenvalue weighted by Gasteiger charge is 2.35. The van der Waals surface area contributed by atoms with Crippen LogP contribution in [0.25, 0.3) is 0 Å². The van der Waals surface area contributed by atoms with E-state index in [9.17, 15) is 29.4 Å². The van der Waals surface area contributed by atoms with Crippen molar-refractivity contribution in [1.29, 1.82) is 0 Å². The van der Waals surface area contributed by atoms with Crippen LogP contribution in [0.2, 0.25) is 0 Å². The van der Waals surface area contributed by atoms with Crippen LogP contribution in [-0.2, 0) is 19.2 Å². The Kier molecular flexibility index (Phi) is 11.2. The van der Waals surface area contributed by atoms with Gasteiger partial charge in [0, 0.05) is 75.4 Å². The molecule has 0 aromatic heterocycles. The third-order valence-corrected chi connectivity index (χ3v) is 6.98. The fourth-order valence-corrected chi connectivity index (χ4v) is 5.15. The van der Waals surface area contributed by atoms with Gasteiger partial charge >= 0.3 is 5.97 Å². The van der Waals surface area contributed by atoms with E-state index < -0.39 is 11.9 Å². The number of amides is 1. The average Bonchev–Trinajstić information content (AvgIpc) is 2.78. The van der Waals surface area contributed by atoms with Gasteiger partial charge in [0.25, 0.3) is 0 Å². The topological polar surface area (TPSA) is 157 Å². The Labute approximate surface area is 236 Å². The van der Waals surface area contributed by atoms with Gasteiger partial charge in [-0.05, 0) is 37.5 Å². The number of carboxylic acids is 1. The van der Waals surface area contributed by atoms with Crippen LogP contribution < -0.4 is 0 Å². The number of aliphatic hydroxyl groups is 2. The second-order valence-corrected chi connectivity index (χ2v) is 12.2. The Morgan fingerprint density at radius 2 is 1.18 bits per heavy atom. The van der Waals surface area contributed by atoms with Crippen molar-refractivity contribution in [3.8, 4) is 0 Å². The minimum absolute atomic E-state index is 0.0525. The van der Waals surface area contributed by atoms with Gasteiger partial charge in [-0.2, -0.15) is 0 Å². The normalized spacial score (nSPS) is 19.9. The van der Waals surface area contributed by atoms with Crippen molar-refractivity contribution in [2.45, 2.75) is 80.1 Å². The van der Waals surface area contributed by atoms with Crippen LogP contribution in [0.15, 0.2) is 44.8 Å². The van der Waals surface area contributed by atoms with Crippen LogP contribution >= 0.6 is 0 Å². The fraction of sp³-hybridized carbons (Fsp3) is 0.600. The van der Waals surface area contributed by atoms with Crippen LogP contribution in [0.5, 0.6) is 0 Å². The van der Waals surface area contributed by atoms with E-state index in [0.29, 0.717) is 76.1 Å². The first-order valence-corrected chi connectivity index (χ1v) is 13.7. The van der Waals surface area contributed by atoms with E-state index >= 15 is 0 Å². The summed E-state index contributed by atoms with van der Waals surface area (Å²) in [6.45, 7) is 12.3. The van der Waals surface area contributed by atoms with E-state index in [1.807, 2.05) is 27.7 Å². The second kappa shape index (κ2) is 13.7. The number of aliphatic carboxylic acids is 1. The lowest BCUT2D eigenvalue weighted by molar-refractivity contribution is -0.132. The molecule has 0 aliphatic heterocycles. The van der Waals surface area contributed by atoms with E-state index in [1.165, 1.54) is 4.90 Å². The molecule has 3 N–H and O–H groups in total. The van der Waals surface area contributed by atoms with E-state index in [2.05, 4.69) is 9.98 Å². The number of carbonyl (C=O) groups excluding carboxylic acids is 3. The van der Waals surface area contributed by atoms with Gasteiger partial charge in [-0.15, -0.1) is 0 Å². The van der Waals surface area contributed by atoms with Crippen LogP contribution in [0.1, 0.15) is 80.1 Å². The van der Waals surface area contributed by atoms with Gasteiger partial charge in [0.05, 0.1) is 11.1 Å². The van der Waals surface area contributed by atoms with Crippen LogP contribution in [-0.4, -0.2) is 81.3 Å². The summed E-state index contributed by atoms with van der Waals surface area (Å²) < 4.78 is 0. The molecule has 2 rings (SSSR count). The number of allylic oxidation sites excluding steroid dienone is 4. The minimum Gasteiger partial charge on any atom is -0.511 e. The van der Waals surface area contributed by atoms with Crippen molar-refractivity contribution in [3.63, 3.8) is 0 Å². The number of ketones is 2. The molecule has 220 valence electrons. The molecule has 40 heavy (non-hydrogen) atoms. The lowest BCUT2D eigenvalue weighted by atomic mass is 9.76. The molecule has 0 heterocycles. The zero-order valence-corrected chi connectivity index (χ0v) is 24.5. The molecule has 0 atom stereocenters. The summed E-state index contributed by atoms with van der Waals surface area (Å²) in [5.41, 5.74) is 0.877. The summed E-state index contributed by atoms with van der Waals surface area (Å²) in [4.78, 5) is 59.0. The van der Waals surface area contributed by atoms with Crippen molar-refractivity contribution in [3.05, 3.63) is 34.8 Å². The maximum absolute atomic E-state index is 12.6. The van der Waals surface area contributed by atoms with E-state index in [0.717, 1.165) is 12.2 Å². The van der Waals surface area contributed by atoms with Crippen LogP contribution in [0.4, 0.5) is 0 Å². The molecule has 0 aromatic rings. The van der Waals surface area contributed by atoms with Gasteiger partial charge in [0.1, 0.15) is 11.5 Å². The van der Waals surface area contributed by atoms with E-state index in [4.69, 9.17) is 5.11 Å². The first kappa shape index (κ1) is 32.7. The number of aliphatic hydroxyl groups excluding tert-OH is 2. The van der Waals surface area contributed by atoms with Crippen molar-refractivity contribution in [1.82, 2.24) is 4.90 Å². The zero-order valence-electron chi connectivity index (χ0n) is 24.5. The lowest BCUT2D eigenvalue weighted by Crippen LogP contribution is -2.32. The molecule has 2 aliphatic rings. The molecule has 0 unspecified atom stereocenters. The van der Waals surface area contributed by atoms with E-state index in [-0.39, 0.29) is 45.1 Å². The third-order valence-electron chi connectivity index (χ3n) is 6.98. The number of hydrogen-bond acceptors (Lipinski definition) is 8. The highest BCUT2D eigenvalue weighted by atomic mass is 16.4. The monoisotopic (exact) mass is 557 g/mol. The number of hydrogen-bond donors (Lipinski definition) is 3. The molecule has 0 aromatic carbocycles. The number of carboxylic acid groups (broad SMARTS) is 1. The van der Waals surface area contributed by atoms with Crippen LogP contribution in [0, 0.1) is 10.8 Å². The first-order valence-electron chi connectivity index (χ1n) is 13.7. The van der Waals surface area contributed by atoms with Gasteiger partial charge in [0.2, 0.25) is 5.91 Å². The molecule has 1 amide bonds. The molecule has 10 nitrogen and oxygen atoms in total. The Balaban J connectivity index is 2.01. The smallest absolute Gasteiger partial charge is 0.328 e. The highest BCUT2D eigenvalue weighted by molar-refractivity contribution is 6.23. The number of Topliss-reactive ketones (excluding diaryl/α,β-unsaturated/α-hetero) is 2. The van der Waals surface area contributed by atoms with Crippen molar-refractivity contribution < 1.29 is 34.5 Å². The van der Waals surface area contributed by atoms with Crippen molar-refractivity contribution in [2.24, 2.45) is 20.8 Å². The molecule has 0 saturated heterocycles. The van der Waals surface area contributed by atoms with Gasteiger partial charge in [0.15, 0.2) is 11.6 Å². The Hall–Kier alpha value is -3.56. The molecular formula is C30H43N3O7. The largest absolute Gasteiger partial charge is 0.511 e. The molecule has 0 bridgehead atoms. The number of carbonyl (C=O) groups is 4. The fourth-order valence-electron chi connectivity index (χ4n) is 5.15. The summed E-state index contributed by atoms with van der Waals surface area (Å²) >= 11 is 0. The highest BCUT2D eigenvalue weighted by Crippen LogP contribution is 2.37. The zero-order chi connectivity index (χ0) is 30.3. The van der Waals surface area contributed by atoms with Crippen LogP contribution in [0.3, 0.4) is 0 Å². The van der Waals surface area contributed by atoms with Crippen molar-refractivity contribution in [2.75, 3.05) is 26.2 Å². The Morgan fingerprint density at radius 3 is 1.52 bits per heavy atom. The Bertz CT molecular complexity index is 1110. The predicted octanol–water partition coefficient (Wildman–Crippen LogP) is 4.56. The molecule has 0 saturated carbocycles. The average molecular weight is 558 g/mol. The maximum Gasteiger partial charge on any atom is 0.328 e. The van der Waals surface area contributed by atoms with Crippen molar-refractivity contribution >= 4 is 34.9 Å². The number of rotatable bonds is 12. The quantitative estimate of drug-likeness (QED) is 0.180. The number of nitrogens with zero attached hydrogens (tertiary/aromatic N) is 3. The first-order chi connectivity index (χ1) is 18.5. The SMILES string of the molecule is CC(=NCCCN(CCCN=C(C)C1=C(O)CC(C)(C)CC1=O)C(=O)/C=C\C(=O)O)C1=C(O)CC(C)(C)CC1=O. The standard InChI is InChI=1S/C30H43N3O7/c1-19(27-21(34)15-29(3,4)16-22(27)35)31-11-7-13-33(25(38)9-10-26(39)40)14-8-12-32-20(2)28-23(36)17-30(5,6)18-24(28)37/h9-10,34,36H,7-8,11-18H2,1-6H3,(H,39,40)/b10-9-,31-19?,32-20?. The van der Waals surface area contributed by atoms with Gasteiger partial charge in [-0.25, -0.2) is 4.79 Å². The number of aliphatic imine (C=N–C) groups is 2. The molecule has 0 radical (unpaired) electrons. The third kappa shape index (κ3) is 9.57. The predicted molar refractivity (Wildman–Crippen MR) is 154 cm³/mol. The summed E-state index contributed by atoms with van der Waals surface area (Å²) in [7, 11) is 0. The molecule has 10 heteroatoms. The minimum atomic E-state index is -1.23. The summed E-state index contributed by atoms with van der Waals surface area (Å²) in [6.07, 6.45) is 4.20.